The van der Waals surface area contributed by atoms with Gasteiger partial charge in [-0.05, 0) is 48.5 Å². The van der Waals surface area contributed by atoms with Crippen LogP contribution in [-0.2, 0) is 0 Å². The Hall–Kier alpha value is -3.72. The van der Waals surface area contributed by atoms with E-state index in [-0.39, 0.29) is 22.6 Å². The SMILES string of the molecule is O=C(O)c1cc(C(=O)O)cc(-c2ccc(/C=N\NC(=O)c3cccc(Br)c3)o2)c1. The number of halogens is 1. The summed E-state index contributed by atoms with van der Waals surface area (Å²) in [4.78, 5) is 34.5. The van der Waals surface area contributed by atoms with Crippen LogP contribution in [0.15, 0.2) is 68.6 Å². The average molecular weight is 457 g/mol. The number of furan rings is 1. The molecule has 0 saturated carbocycles. The zero-order valence-corrected chi connectivity index (χ0v) is 16.2. The second-order valence-electron chi connectivity index (χ2n) is 5.82. The van der Waals surface area contributed by atoms with Crippen molar-refractivity contribution in [1.29, 1.82) is 0 Å². The quantitative estimate of drug-likeness (QED) is 0.381. The van der Waals surface area contributed by atoms with E-state index < -0.39 is 17.8 Å². The number of rotatable bonds is 6. The van der Waals surface area contributed by atoms with Crippen LogP contribution in [0.5, 0.6) is 0 Å². The highest BCUT2D eigenvalue weighted by molar-refractivity contribution is 9.10. The lowest BCUT2D eigenvalue weighted by Gasteiger charge is -2.03. The van der Waals surface area contributed by atoms with Gasteiger partial charge in [-0.2, -0.15) is 5.10 Å². The smallest absolute Gasteiger partial charge is 0.335 e. The van der Waals surface area contributed by atoms with Crippen LogP contribution >= 0.6 is 15.9 Å². The maximum absolute atomic E-state index is 12.0. The number of nitrogens with zero attached hydrogens (tertiary/aromatic N) is 1. The minimum absolute atomic E-state index is 0.173. The Kier molecular flexibility index (Phi) is 5.89. The molecule has 1 amide bonds. The Bertz CT molecular complexity index is 1100. The summed E-state index contributed by atoms with van der Waals surface area (Å²) in [6.07, 6.45) is 1.28. The third kappa shape index (κ3) is 4.96. The largest absolute Gasteiger partial charge is 0.478 e. The third-order valence-corrected chi connectivity index (χ3v) is 4.28. The molecular formula is C20H13BrN2O6. The van der Waals surface area contributed by atoms with Crippen molar-refractivity contribution in [3.8, 4) is 11.3 Å². The zero-order chi connectivity index (χ0) is 21.0. The van der Waals surface area contributed by atoms with Crippen LogP contribution in [0.1, 0.15) is 36.8 Å². The molecule has 0 unspecified atom stereocenters. The second kappa shape index (κ2) is 8.53. The molecule has 3 aromatic rings. The molecule has 29 heavy (non-hydrogen) atoms. The first-order chi connectivity index (χ1) is 13.8. The summed E-state index contributed by atoms with van der Waals surface area (Å²) in [5, 5.41) is 22.1. The van der Waals surface area contributed by atoms with Crippen molar-refractivity contribution >= 4 is 40.0 Å². The van der Waals surface area contributed by atoms with Gasteiger partial charge in [-0.1, -0.05) is 22.0 Å². The molecule has 0 aliphatic rings. The minimum Gasteiger partial charge on any atom is -0.478 e. The van der Waals surface area contributed by atoms with E-state index in [1.165, 1.54) is 18.3 Å². The molecule has 1 heterocycles. The monoisotopic (exact) mass is 456 g/mol. The summed E-state index contributed by atoms with van der Waals surface area (Å²) in [7, 11) is 0. The number of benzene rings is 2. The van der Waals surface area contributed by atoms with E-state index in [1.807, 2.05) is 0 Å². The fourth-order valence-corrected chi connectivity index (χ4v) is 2.84. The number of nitrogens with one attached hydrogen (secondary N) is 1. The number of carbonyl (C=O) groups is 3. The van der Waals surface area contributed by atoms with E-state index in [4.69, 9.17) is 14.6 Å². The molecule has 9 heteroatoms. The van der Waals surface area contributed by atoms with E-state index in [1.54, 1.807) is 36.4 Å². The number of carboxylic acids is 2. The van der Waals surface area contributed by atoms with Crippen LogP contribution < -0.4 is 5.43 Å². The summed E-state index contributed by atoms with van der Waals surface area (Å²) in [6, 6.07) is 13.6. The van der Waals surface area contributed by atoms with Gasteiger partial charge < -0.3 is 14.6 Å². The highest BCUT2D eigenvalue weighted by Crippen LogP contribution is 2.24. The van der Waals surface area contributed by atoms with Gasteiger partial charge in [-0.3, -0.25) is 4.79 Å². The Labute approximate surface area is 172 Å². The number of aromatic carboxylic acids is 2. The number of carboxylic acid groups (broad SMARTS) is 2. The van der Waals surface area contributed by atoms with Crippen LogP contribution in [0.4, 0.5) is 0 Å². The fourth-order valence-electron chi connectivity index (χ4n) is 2.44. The van der Waals surface area contributed by atoms with E-state index in [0.29, 0.717) is 11.1 Å². The Morgan fingerprint density at radius 3 is 2.24 bits per heavy atom. The summed E-state index contributed by atoms with van der Waals surface area (Å²) < 4.78 is 6.31. The minimum atomic E-state index is -1.25. The topological polar surface area (TPSA) is 129 Å². The van der Waals surface area contributed by atoms with Gasteiger partial charge in [-0.25, -0.2) is 15.0 Å². The molecule has 0 atom stereocenters. The number of hydrogen-bond donors (Lipinski definition) is 3. The molecule has 146 valence electrons. The molecule has 0 spiro atoms. The van der Waals surface area contributed by atoms with Crippen LogP contribution in [0.2, 0.25) is 0 Å². The lowest BCUT2D eigenvalue weighted by Crippen LogP contribution is -2.17. The molecular weight excluding hydrogens is 444 g/mol. The summed E-state index contributed by atoms with van der Waals surface area (Å²) in [5.41, 5.74) is 2.73. The lowest BCUT2D eigenvalue weighted by molar-refractivity contribution is 0.0696. The van der Waals surface area contributed by atoms with Crippen molar-refractivity contribution in [2.75, 3.05) is 0 Å². The molecule has 1 aromatic heterocycles. The number of hydrogen-bond acceptors (Lipinski definition) is 5. The molecule has 0 aliphatic heterocycles. The predicted octanol–water partition coefficient (Wildman–Crippen LogP) is 3.87. The van der Waals surface area contributed by atoms with Gasteiger partial charge in [-0.15, -0.1) is 0 Å². The van der Waals surface area contributed by atoms with Crippen LogP contribution in [0, 0.1) is 0 Å². The van der Waals surface area contributed by atoms with Crippen molar-refractivity contribution in [2.45, 2.75) is 0 Å². The third-order valence-electron chi connectivity index (χ3n) is 3.78. The normalized spacial score (nSPS) is 10.8. The molecule has 8 nitrogen and oxygen atoms in total. The first-order valence-corrected chi connectivity index (χ1v) is 8.93. The number of amides is 1. The molecule has 3 rings (SSSR count). The Balaban J connectivity index is 1.77. The van der Waals surface area contributed by atoms with Crippen molar-refractivity contribution in [2.24, 2.45) is 5.10 Å². The Morgan fingerprint density at radius 2 is 1.62 bits per heavy atom. The first kappa shape index (κ1) is 20.0. The van der Waals surface area contributed by atoms with Gasteiger partial charge in [0.2, 0.25) is 0 Å². The highest BCUT2D eigenvalue weighted by atomic mass is 79.9. The Morgan fingerprint density at radius 1 is 0.931 bits per heavy atom. The lowest BCUT2D eigenvalue weighted by atomic mass is 10.0. The molecule has 2 aromatic carbocycles. The molecule has 0 radical (unpaired) electrons. The van der Waals surface area contributed by atoms with Crippen molar-refractivity contribution in [3.63, 3.8) is 0 Å². The van der Waals surface area contributed by atoms with Crippen LogP contribution in [0.25, 0.3) is 11.3 Å². The van der Waals surface area contributed by atoms with Crippen molar-refractivity contribution < 1.29 is 29.0 Å². The van der Waals surface area contributed by atoms with Gasteiger partial charge in [0.15, 0.2) is 0 Å². The standard InChI is InChI=1S/C20H13BrN2O6/c21-15-3-1-2-11(9-15)18(24)23-22-10-16-4-5-17(29-16)12-6-13(19(25)26)8-14(7-12)20(27)28/h1-10H,(H,23,24)(H,25,26)(H,27,28)/b22-10-. The van der Waals surface area contributed by atoms with Crippen molar-refractivity contribution in [3.05, 3.63) is 81.5 Å². The number of carbonyl (C=O) groups excluding carboxylic acids is 1. The summed E-state index contributed by atoms with van der Waals surface area (Å²) >= 11 is 3.28. The van der Waals surface area contributed by atoms with E-state index >= 15 is 0 Å². The van der Waals surface area contributed by atoms with Crippen molar-refractivity contribution in [1.82, 2.24) is 5.43 Å². The van der Waals surface area contributed by atoms with Crippen LogP contribution in [-0.4, -0.2) is 34.3 Å². The highest BCUT2D eigenvalue weighted by Gasteiger charge is 2.14. The van der Waals surface area contributed by atoms with E-state index in [0.717, 1.165) is 10.5 Å². The summed E-state index contributed by atoms with van der Waals surface area (Å²) in [5.74, 6) is -2.37. The zero-order valence-electron chi connectivity index (χ0n) is 14.6. The fraction of sp³-hybridized carbons (Fsp3) is 0. The molecule has 0 bridgehead atoms. The maximum Gasteiger partial charge on any atom is 0.335 e. The van der Waals surface area contributed by atoms with Gasteiger partial charge in [0.25, 0.3) is 5.91 Å². The maximum atomic E-state index is 12.0. The van der Waals surface area contributed by atoms with Gasteiger partial charge >= 0.3 is 11.9 Å². The molecule has 0 saturated heterocycles. The number of hydrazone groups is 1. The molecule has 3 N–H and O–H groups in total. The van der Waals surface area contributed by atoms with Gasteiger partial charge in [0.1, 0.15) is 11.5 Å². The predicted molar refractivity (Wildman–Crippen MR) is 107 cm³/mol. The van der Waals surface area contributed by atoms with Gasteiger partial charge in [0, 0.05) is 15.6 Å². The van der Waals surface area contributed by atoms with E-state index in [2.05, 4.69) is 26.5 Å². The van der Waals surface area contributed by atoms with Crippen LogP contribution in [0.3, 0.4) is 0 Å². The van der Waals surface area contributed by atoms with E-state index in [9.17, 15) is 14.4 Å². The van der Waals surface area contributed by atoms with Gasteiger partial charge in [0.05, 0.1) is 17.3 Å². The average Bonchev–Trinajstić information content (AvgIpc) is 3.16. The second-order valence-corrected chi connectivity index (χ2v) is 6.74. The first-order valence-electron chi connectivity index (χ1n) is 8.14. The summed E-state index contributed by atoms with van der Waals surface area (Å²) in [6.45, 7) is 0. The molecule has 0 aliphatic carbocycles. The molecule has 0 fully saturated rings.